The summed E-state index contributed by atoms with van der Waals surface area (Å²) in [5, 5.41) is 3.50. The summed E-state index contributed by atoms with van der Waals surface area (Å²) in [6.07, 6.45) is 1.11. The summed E-state index contributed by atoms with van der Waals surface area (Å²) < 4.78 is 25.5. The van der Waals surface area contributed by atoms with Crippen molar-refractivity contribution in [2.75, 3.05) is 29.4 Å². The molecule has 2 aromatic rings. The molecule has 0 saturated carbocycles. The molecule has 5 nitrogen and oxygen atoms in total. The minimum Gasteiger partial charge on any atom is -0.354 e. The molecule has 29 heavy (non-hydrogen) atoms. The molecule has 0 unspecified atom stereocenters. The van der Waals surface area contributed by atoms with E-state index in [0.717, 1.165) is 33.2 Å². The van der Waals surface area contributed by atoms with Crippen molar-refractivity contribution in [3.05, 3.63) is 64.7 Å². The Labute approximate surface area is 182 Å². The van der Waals surface area contributed by atoms with E-state index in [4.69, 9.17) is 11.6 Å². The van der Waals surface area contributed by atoms with Crippen molar-refractivity contribution in [3.63, 3.8) is 0 Å². The number of halogens is 1. The van der Waals surface area contributed by atoms with E-state index in [9.17, 15) is 13.2 Å². The van der Waals surface area contributed by atoms with Crippen LogP contribution >= 0.6 is 23.4 Å². The van der Waals surface area contributed by atoms with E-state index in [0.29, 0.717) is 23.2 Å². The Bertz CT molecular complexity index is 916. The fourth-order valence-electron chi connectivity index (χ4n) is 2.69. The predicted molar refractivity (Wildman–Crippen MR) is 123 cm³/mol. The van der Waals surface area contributed by atoms with Crippen LogP contribution in [-0.4, -0.2) is 39.4 Å². The average molecular weight is 455 g/mol. The molecule has 1 amide bonds. The van der Waals surface area contributed by atoms with Crippen molar-refractivity contribution in [2.45, 2.75) is 25.5 Å². The van der Waals surface area contributed by atoms with E-state index in [1.54, 1.807) is 23.9 Å². The Kier molecular flexibility index (Phi) is 8.86. The van der Waals surface area contributed by atoms with E-state index in [1.165, 1.54) is 0 Å². The smallest absolute Gasteiger partial charge is 0.240 e. The number of nitrogens with zero attached hydrogens (tertiary/aromatic N) is 1. The average Bonchev–Trinajstić information content (AvgIpc) is 2.65. The number of carbonyl (C=O) groups is 1. The third-order valence-electron chi connectivity index (χ3n) is 4.26. The molecule has 0 fully saturated rings. The lowest BCUT2D eigenvalue weighted by molar-refractivity contribution is -0.119. The molecule has 0 aliphatic rings. The number of sulfonamides is 1. The molecule has 158 valence electrons. The number of thioether (sulfide) groups is 1. The standard InChI is InChI=1S/C21H27ClN2O3S2/c1-16(2)18-7-9-20(10-8-18)24(29(3,26)27)14-21(25)23-11-12-28-15-17-5-4-6-19(22)13-17/h4-10,13,16H,11-12,14-15H2,1-3H3,(H,23,25). The van der Waals surface area contributed by atoms with Crippen LogP contribution in [0.25, 0.3) is 0 Å². The highest BCUT2D eigenvalue weighted by atomic mass is 35.5. The fraction of sp³-hybridized carbons (Fsp3) is 0.381. The van der Waals surface area contributed by atoms with Gasteiger partial charge in [0.15, 0.2) is 0 Å². The summed E-state index contributed by atoms with van der Waals surface area (Å²) >= 11 is 7.64. The highest BCUT2D eigenvalue weighted by Gasteiger charge is 2.20. The summed E-state index contributed by atoms with van der Waals surface area (Å²) in [6.45, 7) is 4.37. The number of hydrogen-bond acceptors (Lipinski definition) is 4. The summed E-state index contributed by atoms with van der Waals surface area (Å²) in [6, 6.07) is 14.9. The Hall–Kier alpha value is -1.70. The van der Waals surface area contributed by atoms with Gasteiger partial charge in [0, 0.05) is 23.1 Å². The lowest BCUT2D eigenvalue weighted by atomic mass is 10.0. The number of anilines is 1. The van der Waals surface area contributed by atoms with Gasteiger partial charge in [-0.2, -0.15) is 11.8 Å². The van der Waals surface area contributed by atoms with E-state index < -0.39 is 10.0 Å². The van der Waals surface area contributed by atoms with Crippen LogP contribution in [-0.2, 0) is 20.6 Å². The van der Waals surface area contributed by atoms with Crippen LogP contribution in [0.1, 0.15) is 30.9 Å². The van der Waals surface area contributed by atoms with Crippen LogP contribution in [0.3, 0.4) is 0 Å². The van der Waals surface area contributed by atoms with Crippen molar-refractivity contribution >= 4 is 45.0 Å². The Morgan fingerprint density at radius 3 is 2.45 bits per heavy atom. The number of hydrogen-bond donors (Lipinski definition) is 1. The highest BCUT2D eigenvalue weighted by Crippen LogP contribution is 2.22. The van der Waals surface area contributed by atoms with E-state index in [1.807, 2.05) is 36.4 Å². The molecule has 0 spiro atoms. The molecule has 2 aromatic carbocycles. The predicted octanol–water partition coefficient (Wildman–Crippen LogP) is 4.28. The molecular formula is C21H27ClN2O3S2. The molecule has 0 aliphatic carbocycles. The first-order valence-corrected chi connectivity index (χ1v) is 12.7. The summed E-state index contributed by atoms with van der Waals surface area (Å²) in [4.78, 5) is 12.3. The molecule has 0 aliphatic heterocycles. The quantitative estimate of drug-likeness (QED) is 0.544. The summed E-state index contributed by atoms with van der Waals surface area (Å²) in [7, 11) is -3.57. The SMILES string of the molecule is CC(C)c1ccc(N(CC(=O)NCCSCc2cccc(Cl)c2)S(C)(=O)=O)cc1. The molecule has 0 heterocycles. The minimum absolute atomic E-state index is 0.237. The zero-order chi connectivity index (χ0) is 21.4. The van der Waals surface area contributed by atoms with Crippen LogP contribution in [0.2, 0.25) is 5.02 Å². The first-order valence-electron chi connectivity index (χ1n) is 9.33. The van der Waals surface area contributed by atoms with E-state index >= 15 is 0 Å². The first kappa shape index (κ1) is 23.6. The molecule has 0 aromatic heterocycles. The van der Waals surface area contributed by atoms with Crippen molar-refractivity contribution < 1.29 is 13.2 Å². The maximum Gasteiger partial charge on any atom is 0.240 e. The first-order chi connectivity index (χ1) is 13.7. The normalized spacial score (nSPS) is 11.5. The Morgan fingerprint density at radius 2 is 1.86 bits per heavy atom. The van der Waals surface area contributed by atoms with Gasteiger partial charge in [-0.3, -0.25) is 9.10 Å². The van der Waals surface area contributed by atoms with Crippen molar-refractivity contribution in [2.24, 2.45) is 0 Å². The maximum absolute atomic E-state index is 12.3. The molecule has 0 atom stereocenters. The topological polar surface area (TPSA) is 66.5 Å². The molecule has 2 rings (SSSR count). The fourth-order valence-corrected chi connectivity index (χ4v) is 4.57. The second kappa shape index (κ2) is 10.9. The lowest BCUT2D eigenvalue weighted by Crippen LogP contribution is -2.41. The van der Waals surface area contributed by atoms with Gasteiger partial charge in [-0.25, -0.2) is 8.42 Å². The van der Waals surface area contributed by atoms with Gasteiger partial charge in [-0.1, -0.05) is 49.7 Å². The molecular weight excluding hydrogens is 428 g/mol. The van der Waals surface area contributed by atoms with Gasteiger partial charge in [-0.05, 0) is 41.3 Å². The minimum atomic E-state index is -3.57. The second-order valence-electron chi connectivity index (χ2n) is 7.05. The van der Waals surface area contributed by atoms with Gasteiger partial charge in [0.1, 0.15) is 6.54 Å². The van der Waals surface area contributed by atoms with Gasteiger partial charge in [0.05, 0.1) is 11.9 Å². The monoisotopic (exact) mass is 454 g/mol. The Balaban J connectivity index is 1.85. The van der Waals surface area contributed by atoms with E-state index in [-0.39, 0.29) is 12.5 Å². The summed E-state index contributed by atoms with van der Waals surface area (Å²) in [5.41, 5.74) is 2.73. The van der Waals surface area contributed by atoms with Gasteiger partial charge >= 0.3 is 0 Å². The van der Waals surface area contributed by atoms with Crippen LogP contribution in [0.15, 0.2) is 48.5 Å². The van der Waals surface area contributed by atoms with Crippen molar-refractivity contribution in [1.29, 1.82) is 0 Å². The van der Waals surface area contributed by atoms with Gasteiger partial charge in [0.25, 0.3) is 0 Å². The third kappa shape index (κ3) is 7.91. The zero-order valence-electron chi connectivity index (χ0n) is 16.9. The largest absolute Gasteiger partial charge is 0.354 e. The molecule has 8 heteroatoms. The molecule has 0 bridgehead atoms. The third-order valence-corrected chi connectivity index (χ3v) is 6.67. The summed E-state index contributed by atoms with van der Waals surface area (Å²) in [5.74, 6) is 1.55. The van der Waals surface area contributed by atoms with E-state index in [2.05, 4.69) is 19.2 Å². The number of benzene rings is 2. The van der Waals surface area contributed by atoms with Crippen LogP contribution < -0.4 is 9.62 Å². The lowest BCUT2D eigenvalue weighted by Gasteiger charge is -2.22. The van der Waals surface area contributed by atoms with Crippen molar-refractivity contribution in [3.8, 4) is 0 Å². The second-order valence-corrected chi connectivity index (χ2v) is 10.5. The van der Waals surface area contributed by atoms with Crippen LogP contribution in [0, 0.1) is 0 Å². The van der Waals surface area contributed by atoms with Gasteiger partial charge in [-0.15, -0.1) is 0 Å². The number of nitrogens with one attached hydrogen (secondary N) is 1. The Morgan fingerprint density at radius 1 is 1.17 bits per heavy atom. The number of rotatable bonds is 10. The van der Waals surface area contributed by atoms with Gasteiger partial charge < -0.3 is 5.32 Å². The van der Waals surface area contributed by atoms with Gasteiger partial charge in [0.2, 0.25) is 15.9 Å². The zero-order valence-corrected chi connectivity index (χ0v) is 19.3. The molecule has 0 saturated heterocycles. The molecule has 0 radical (unpaired) electrons. The van der Waals surface area contributed by atoms with Crippen LogP contribution in [0.4, 0.5) is 5.69 Å². The van der Waals surface area contributed by atoms with Crippen molar-refractivity contribution in [1.82, 2.24) is 5.32 Å². The maximum atomic E-state index is 12.3. The number of carbonyl (C=O) groups excluding carboxylic acids is 1. The van der Waals surface area contributed by atoms with Crippen LogP contribution in [0.5, 0.6) is 0 Å². The highest BCUT2D eigenvalue weighted by molar-refractivity contribution is 7.98. The number of amides is 1. The molecule has 1 N–H and O–H groups in total.